The van der Waals surface area contributed by atoms with Crippen LogP contribution in [0.2, 0.25) is 0 Å². The van der Waals surface area contributed by atoms with Crippen LogP contribution in [0.5, 0.6) is 0 Å². The summed E-state index contributed by atoms with van der Waals surface area (Å²) in [6.45, 7) is 2.43. The lowest BCUT2D eigenvalue weighted by Crippen LogP contribution is -2.36. The van der Waals surface area contributed by atoms with E-state index < -0.39 is 11.3 Å². The number of hydrogen-bond donors (Lipinski definition) is 4. The summed E-state index contributed by atoms with van der Waals surface area (Å²) in [5, 5.41) is 8.72. The molecule has 12 nitrogen and oxygen atoms in total. The van der Waals surface area contributed by atoms with Gasteiger partial charge in [0.25, 0.3) is 5.91 Å². The van der Waals surface area contributed by atoms with Gasteiger partial charge in [-0.1, -0.05) is 18.2 Å². The minimum atomic E-state index is -0.503. The van der Waals surface area contributed by atoms with Crippen molar-refractivity contribution in [3.63, 3.8) is 0 Å². The third-order valence-corrected chi connectivity index (χ3v) is 6.61. The second-order valence-electron chi connectivity index (χ2n) is 10.4. The molecule has 0 unspecified atom stereocenters. The molecular weight excluding hydrogens is 534 g/mol. The largest absolute Gasteiger partial charge is 0.384 e. The number of nitrogen functional groups attached to an aromatic ring is 1. The highest BCUT2D eigenvalue weighted by Crippen LogP contribution is 2.24. The van der Waals surface area contributed by atoms with Crippen molar-refractivity contribution in [2.45, 2.75) is 13.1 Å². The normalized spacial score (nSPS) is 11.2. The Labute approximate surface area is 244 Å². The number of likely N-dealkylation sites (N-methyl/N-ethyl adjacent to an activating group) is 2. The van der Waals surface area contributed by atoms with Gasteiger partial charge in [-0.05, 0) is 64.1 Å². The van der Waals surface area contributed by atoms with E-state index in [-0.39, 0.29) is 17.4 Å². The van der Waals surface area contributed by atoms with E-state index in [1.54, 1.807) is 41.2 Å². The Bertz CT molecular complexity index is 1600. The van der Waals surface area contributed by atoms with E-state index in [4.69, 9.17) is 10.7 Å². The molecule has 3 aromatic heterocycles. The van der Waals surface area contributed by atoms with Crippen LogP contribution in [-0.4, -0.2) is 84.1 Å². The zero-order valence-electron chi connectivity index (χ0n) is 24.3. The summed E-state index contributed by atoms with van der Waals surface area (Å²) >= 11 is 0. The Kier molecular flexibility index (Phi) is 9.84. The molecule has 12 heteroatoms. The zero-order valence-corrected chi connectivity index (χ0v) is 24.3. The number of carbonyl (C=O) groups excluding carboxylic acids is 2. The lowest BCUT2D eigenvalue weighted by atomic mass is 10.1. The number of amides is 3. The van der Waals surface area contributed by atoms with Crippen LogP contribution in [0, 0.1) is 0 Å². The average molecular weight is 572 g/mol. The van der Waals surface area contributed by atoms with Crippen LogP contribution >= 0.6 is 0 Å². The third-order valence-electron chi connectivity index (χ3n) is 6.61. The van der Waals surface area contributed by atoms with Gasteiger partial charge in [-0.2, -0.15) is 0 Å². The fraction of sp³-hybridized carbons (Fsp3) is 0.300. The summed E-state index contributed by atoms with van der Waals surface area (Å²) < 4.78 is 1.73. The van der Waals surface area contributed by atoms with Gasteiger partial charge in [-0.25, -0.2) is 9.78 Å². The molecule has 0 bridgehead atoms. The molecule has 42 heavy (non-hydrogen) atoms. The number of carbonyl (C=O) groups is 2. The van der Waals surface area contributed by atoms with E-state index >= 15 is 0 Å². The van der Waals surface area contributed by atoms with Gasteiger partial charge in [-0.15, -0.1) is 0 Å². The lowest BCUT2D eigenvalue weighted by molar-refractivity contribution is 0.0950. The van der Waals surface area contributed by atoms with Crippen LogP contribution in [-0.2, 0) is 13.1 Å². The molecule has 0 aliphatic heterocycles. The highest BCUT2D eigenvalue weighted by molar-refractivity contribution is 6.01. The fourth-order valence-electron chi connectivity index (χ4n) is 4.30. The Morgan fingerprint density at radius 1 is 0.952 bits per heavy atom. The monoisotopic (exact) mass is 571 g/mol. The van der Waals surface area contributed by atoms with E-state index in [2.05, 4.69) is 20.9 Å². The Balaban J connectivity index is 1.59. The summed E-state index contributed by atoms with van der Waals surface area (Å²) in [4.78, 5) is 51.6. The minimum Gasteiger partial charge on any atom is -0.384 e. The van der Waals surface area contributed by atoms with Crippen LogP contribution in [0.15, 0.2) is 65.7 Å². The third kappa shape index (κ3) is 7.47. The van der Waals surface area contributed by atoms with Crippen molar-refractivity contribution in [3.8, 4) is 11.3 Å². The number of nitrogens with two attached hydrogens (primary N) is 1. The van der Waals surface area contributed by atoms with Gasteiger partial charge in [0.2, 0.25) is 5.43 Å². The zero-order chi connectivity index (χ0) is 30.2. The second-order valence-corrected chi connectivity index (χ2v) is 10.4. The molecule has 5 N–H and O–H groups in total. The number of nitrogens with one attached hydrogen (secondary N) is 3. The summed E-state index contributed by atoms with van der Waals surface area (Å²) in [5.74, 6) is -0.422. The van der Waals surface area contributed by atoms with Gasteiger partial charge < -0.3 is 36.1 Å². The van der Waals surface area contributed by atoms with Gasteiger partial charge in [0.05, 0.1) is 11.1 Å². The molecule has 4 aromatic rings. The molecule has 0 radical (unpaired) electrons. The summed E-state index contributed by atoms with van der Waals surface area (Å²) in [6.07, 6.45) is 3.37. The van der Waals surface area contributed by atoms with Gasteiger partial charge >= 0.3 is 6.03 Å². The van der Waals surface area contributed by atoms with Crippen LogP contribution in [0.1, 0.15) is 15.9 Å². The Morgan fingerprint density at radius 2 is 1.69 bits per heavy atom. The molecule has 1 aromatic carbocycles. The quantitative estimate of drug-likeness (QED) is 0.214. The summed E-state index contributed by atoms with van der Waals surface area (Å²) in [6, 6.07) is 14.0. The standard InChI is InChI=1S/C30H37N9O3/c1-37(2)15-14-33-29(41)25-26(40)23-11-12-24(36-28(23)39(27(25)31)17-16-38(3)4)21-7-9-22(10-8-21)35-30(42)34-19-20-6-5-13-32-18-20/h5-13,18H,14-17,19,31H2,1-4H3,(H,33,41)(H2,34,35,42). The number of pyridine rings is 3. The van der Waals surface area contributed by atoms with Crippen LogP contribution in [0.25, 0.3) is 22.3 Å². The van der Waals surface area contributed by atoms with Crippen molar-refractivity contribution in [1.82, 2.24) is 35.0 Å². The van der Waals surface area contributed by atoms with Crippen molar-refractivity contribution in [2.24, 2.45) is 0 Å². The van der Waals surface area contributed by atoms with Crippen molar-refractivity contribution < 1.29 is 9.59 Å². The average Bonchev–Trinajstić information content (AvgIpc) is 2.96. The van der Waals surface area contributed by atoms with Crippen LogP contribution in [0.3, 0.4) is 0 Å². The maximum Gasteiger partial charge on any atom is 0.319 e. The first-order chi connectivity index (χ1) is 20.1. The van der Waals surface area contributed by atoms with E-state index in [1.165, 1.54) is 0 Å². The molecule has 0 aliphatic carbocycles. The van der Waals surface area contributed by atoms with Gasteiger partial charge in [0.1, 0.15) is 17.0 Å². The molecular formula is C30H37N9O3. The molecule has 0 saturated carbocycles. The smallest absolute Gasteiger partial charge is 0.319 e. The van der Waals surface area contributed by atoms with Gasteiger partial charge in [-0.3, -0.25) is 14.6 Å². The van der Waals surface area contributed by atoms with Crippen molar-refractivity contribution in [2.75, 3.05) is 58.9 Å². The highest BCUT2D eigenvalue weighted by Gasteiger charge is 2.22. The maximum absolute atomic E-state index is 13.5. The number of hydrogen-bond acceptors (Lipinski definition) is 8. The Hall–Kier alpha value is -4.81. The Morgan fingerprint density at radius 3 is 2.36 bits per heavy atom. The number of fused-ring (bicyclic) bond motifs is 1. The fourth-order valence-corrected chi connectivity index (χ4v) is 4.30. The lowest BCUT2D eigenvalue weighted by Gasteiger charge is -2.19. The molecule has 4 rings (SSSR count). The first-order valence-electron chi connectivity index (χ1n) is 13.6. The van der Waals surface area contributed by atoms with E-state index in [0.717, 1.165) is 11.1 Å². The molecule has 0 aliphatic rings. The topological polar surface area (TPSA) is 151 Å². The summed E-state index contributed by atoms with van der Waals surface area (Å²) in [7, 11) is 7.67. The van der Waals surface area contributed by atoms with Crippen LogP contribution in [0.4, 0.5) is 16.3 Å². The minimum absolute atomic E-state index is 0.0770. The maximum atomic E-state index is 13.5. The van der Waals surface area contributed by atoms with Gasteiger partial charge in [0, 0.05) is 56.4 Å². The molecule has 220 valence electrons. The number of aromatic nitrogens is 3. The SMILES string of the molecule is CN(C)CCNC(=O)c1c(N)n(CCN(C)C)c2nc(-c3ccc(NC(=O)NCc4cccnc4)cc3)ccc2c1=O. The molecule has 0 saturated heterocycles. The highest BCUT2D eigenvalue weighted by atomic mass is 16.2. The molecule has 0 spiro atoms. The predicted molar refractivity (Wildman–Crippen MR) is 165 cm³/mol. The first kappa shape index (κ1) is 30.2. The first-order valence-corrected chi connectivity index (χ1v) is 13.6. The number of anilines is 2. The van der Waals surface area contributed by atoms with Crippen molar-refractivity contribution in [3.05, 3.63) is 82.3 Å². The predicted octanol–water partition coefficient (Wildman–Crippen LogP) is 2.22. The number of benzene rings is 1. The van der Waals surface area contributed by atoms with E-state index in [0.29, 0.717) is 55.1 Å². The van der Waals surface area contributed by atoms with Crippen molar-refractivity contribution in [1.29, 1.82) is 0 Å². The molecule has 3 amide bonds. The van der Waals surface area contributed by atoms with Crippen molar-refractivity contribution >= 4 is 34.5 Å². The molecule has 0 fully saturated rings. The molecule has 0 atom stereocenters. The number of nitrogens with zero attached hydrogens (tertiary/aromatic N) is 5. The van der Waals surface area contributed by atoms with E-state index in [9.17, 15) is 14.4 Å². The number of urea groups is 1. The number of rotatable bonds is 11. The summed E-state index contributed by atoms with van der Waals surface area (Å²) in [5.41, 5.74) is 9.25. The molecule has 3 heterocycles. The van der Waals surface area contributed by atoms with E-state index in [1.807, 2.05) is 62.3 Å². The van der Waals surface area contributed by atoms with Crippen LogP contribution < -0.4 is 27.1 Å². The van der Waals surface area contributed by atoms with Gasteiger partial charge in [0.15, 0.2) is 0 Å². The second kappa shape index (κ2) is 13.7.